The number of nitrogens with zero attached hydrogens (tertiary/aromatic N) is 3. The molecule has 0 radical (unpaired) electrons. The summed E-state index contributed by atoms with van der Waals surface area (Å²) in [5, 5.41) is 14.2. The number of hydrogen-bond acceptors (Lipinski definition) is 2. The highest BCUT2D eigenvalue weighted by Gasteiger charge is 2.33. The van der Waals surface area contributed by atoms with Gasteiger partial charge in [-0.1, -0.05) is 20.3 Å². The van der Waals surface area contributed by atoms with Gasteiger partial charge in [0.1, 0.15) is 0 Å². The second-order valence-electron chi connectivity index (χ2n) is 5.84. The molecule has 1 saturated carbocycles. The third-order valence-electron chi connectivity index (χ3n) is 4.81. The maximum Gasteiger partial charge on any atom is 0.0688 e. The molecule has 1 aliphatic rings. The van der Waals surface area contributed by atoms with Gasteiger partial charge < -0.3 is 0 Å². The van der Waals surface area contributed by atoms with E-state index in [1.807, 2.05) is 0 Å². The minimum absolute atomic E-state index is 0.130. The zero-order chi connectivity index (χ0) is 14.0. The Kier molecular flexibility index (Phi) is 4.29. The first-order chi connectivity index (χ1) is 9.12. The van der Waals surface area contributed by atoms with Crippen molar-refractivity contribution >= 4 is 0 Å². The molecule has 19 heavy (non-hydrogen) atoms. The van der Waals surface area contributed by atoms with Gasteiger partial charge in [-0.2, -0.15) is 10.4 Å². The Morgan fingerprint density at radius 1 is 1.32 bits per heavy atom. The maximum absolute atomic E-state index is 9.41. The van der Waals surface area contributed by atoms with E-state index in [-0.39, 0.29) is 12.0 Å². The lowest BCUT2D eigenvalue weighted by molar-refractivity contribution is 0.201. The molecule has 0 aromatic carbocycles. The first-order valence-corrected chi connectivity index (χ1v) is 7.56. The Morgan fingerprint density at radius 3 is 2.58 bits per heavy atom. The molecule has 0 amide bonds. The highest BCUT2D eigenvalue weighted by molar-refractivity contribution is 5.25. The molecule has 104 valence electrons. The van der Waals surface area contributed by atoms with E-state index in [9.17, 15) is 5.26 Å². The van der Waals surface area contributed by atoms with Gasteiger partial charge in [0.15, 0.2) is 0 Å². The summed E-state index contributed by atoms with van der Waals surface area (Å²) in [7, 11) is 0. The van der Waals surface area contributed by atoms with E-state index in [1.54, 1.807) is 0 Å². The van der Waals surface area contributed by atoms with Crippen molar-refractivity contribution in [1.82, 2.24) is 9.78 Å². The van der Waals surface area contributed by atoms with Gasteiger partial charge in [0.2, 0.25) is 0 Å². The summed E-state index contributed by atoms with van der Waals surface area (Å²) < 4.78 is 2.16. The van der Waals surface area contributed by atoms with Crippen molar-refractivity contribution in [2.45, 2.75) is 65.8 Å². The SMILES string of the molecule is CCc1c(C)nn(C2CC(CC)CCC2C#N)c1C. The smallest absolute Gasteiger partial charge is 0.0688 e. The van der Waals surface area contributed by atoms with Crippen molar-refractivity contribution in [2.24, 2.45) is 11.8 Å². The van der Waals surface area contributed by atoms with Crippen molar-refractivity contribution in [1.29, 1.82) is 5.26 Å². The van der Waals surface area contributed by atoms with Gasteiger partial charge in [0, 0.05) is 5.69 Å². The minimum Gasteiger partial charge on any atom is -0.265 e. The minimum atomic E-state index is 0.130. The van der Waals surface area contributed by atoms with Gasteiger partial charge in [-0.25, -0.2) is 0 Å². The lowest BCUT2D eigenvalue weighted by Gasteiger charge is -2.33. The number of aromatic nitrogens is 2. The molecule has 0 bridgehead atoms. The molecule has 1 heterocycles. The molecule has 1 aromatic rings. The van der Waals surface area contributed by atoms with E-state index in [2.05, 4.69) is 38.4 Å². The average Bonchev–Trinajstić information content (AvgIpc) is 2.72. The molecule has 3 heteroatoms. The second kappa shape index (κ2) is 5.77. The molecule has 3 atom stereocenters. The van der Waals surface area contributed by atoms with E-state index in [1.165, 1.54) is 24.1 Å². The first kappa shape index (κ1) is 14.1. The van der Waals surface area contributed by atoms with Crippen LogP contribution in [-0.4, -0.2) is 9.78 Å². The third kappa shape index (κ3) is 2.54. The third-order valence-corrected chi connectivity index (χ3v) is 4.81. The van der Waals surface area contributed by atoms with Crippen LogP contribution in [0.15, 0.2) is 0 Å². The first-order valence-electron chi connectivity index (χ1n) is 7.56. The van der Waals surface area contributed by atoms with E-state index in [0.717, 1.165) is 30.9 Å². The second-order valence-corrected chi connectivity index (χ2v) is 5.84. The fraction of sp³-hybridized carbons (Fsp3) is 0.750. The van der Waals surface area contributed by atoms with Crippen molar-refractivity contribution in [3.8, 4) is 6.07 Å². The lowest BCUT2D eigenvalue weighted by atomic mass is 9.78. The fourth-order valence-corrected chi connectivity index (χ4v) is 3.55. The molecule has 0 aliphatic heterocycles. The topological polar surface area (TPSA) is 41.6 Å². The summed E-state index contributed by atoms with van der Waals surface area (Å²) in [6.07, 6.45) is 5.58. The highest BCUT2D eigenvalue weighted by atomic mass is 15.3. The van der Waals surface area contributed by atoms with Crippen molar-refractivity contribution in [3.63, 3.8) is 0 Å². The van der Waals surface area contributed by atoms with E-state index < -0.39 is 0 Å². The maximum atomic E-state index is 9.41. The summed E-state index contributed by atoms with van der Waals surface area (Å²) >= 11 is 0. The number of hydrogen-bond donors (Lipinski definition) is 0. The van der Waals surface area contributed by atoms with Crippen molar-refractivity contribution in [2.75, 3.05) is 0 Å². The largest absolute Gasteiger partial charge is 0.265 e. The monoisotopic (exact) mass is 259 g/mol. The van der Waals surface area contributed by atoms with Crippen LogP contribution in [-0.2, 0) is 6.42 Å². The predicted octanol–water partition coefficient (Wildman–Crippen LogP) is 3.95. The summed E-state index contributed by atoms with van der Waals surface area (Å²) in [5.41, 5.74) is 3.76. The molecule has 0 saturated heterocycles. The van der Waals surface area contributed by atoms with Crippen LogP contribution in [0.5, 0.6) is 0 Å². The van der Waals surface area contributed by atoms with Gasteiger partial charge in [-0.05, 0) is 51.0 Å². The molecule has 3 unspecified atom stereocenters. The van der Waals surface area contributed by atoms with Gasteiger partial charge in [-0.15, -0.1) is 0 Å². The van der Waals surface area contributed by atoms with Gasteiger partial charge in [0.25, 0.3) is 0 Å². The lowest BCUT2D eigenvalue weighted by Crippen LogP contribution is -2.28. The van der Waals surface area contributed by atoms with Crippen LogP contribution >= 0.6 is 0 Å². The molecule has 3 nitrogen and oxygen atoms in total. The van der Waals surface area contributed by atoms with Crippen LogP contribution < -0.4 is 0 Å². The molecule has 2 rings (SSSR count). The molecule has 0 N–H and O–H groups in total. The Labute approximate surface area is 116 Å². The molecule has 1 fully saturated rings. The zero-order valence-corrected chi connectivity index (χ0v) is 12.6. The Balaban J connectivity index is 2.34. The fourth-order valence-electron chi connectivity index (χ4n) is 3.55. The summed E-state index contributed by atoms with van der Waals surface area (Å²) in [5.74, 6) is 0.883. The van der Waals surface area contributed by atoms with Gasteiger partial charge in [0.05, 0.1) is 23.7 Å². The normalized spacial score (nSPS) is 27.2. The van der Waals surface area contributed by atoms with Crippen molar-refractivity contribution < 1.29 is 0 Å². The van der Waals surface area contributed by atoms with Gasteiger partial charge >= 0.3 is 0 Å². The zero-order valence-electron chi connectivity index (χ0n) is 12.6. The number of aryl methyl sites for hydroxylation is 1. The van der Waals surface area contributed by atoms with Crippen LogP contribution in [0.1, 0.15) is 62.5 Å². The average molecular weight is 259 g/mol. The molecule has 0 spiro atoms. The highest BCUT2D eigenvalue weighted by Crippen LogP contribution is 2.39. The Bertz CT molecular complexity index is 481. The quantitative estimate of drug-likeness (QED) is 0.824. The number of nitriles is 1. The number of rotatable bonds is 3. The van der Waals surface area contributed by atoms with Gasteiger partial charge in [-0.3, -0.25) is 4.68 Å². The summed E-state index contributed by atoms with van der Waals surface area (Å²) in [6, 6.07) is 2.79. The predicted molar refractivity (Wildman–Crippen MR) is 76.9 cm³/mol. The van der Waals surface area contributed by atoms with Crippen LogP contribution in [0.3, 0.4) is 0 Å². The van der Waals surface area contributed by atoms with Crippen LogP contribution in [0.2, 0.25) is 0 Å². The Hall–Kier alpha value is -1.30. The van der Waals surface area contributed by atoms with Crippen LogP contribution in [0.4, 0.5) is 0 Å². The summed E-state index contributed by atoms with van der Waals surface area (Å²) in [6.45, 7) is 8.68. The van der Waals surface area contributed by atoms with Crippen molar-refractivity contribution in [3.05, 3.63) is 17.0 Å². The van der Waals surface area contributed by atoms with E-state index in [4.69, 9.17) is 5.10 Å². The molecule has 1 aromatic heterocycles. The molecular weight excluding hydrogens is 234 g/mol. The van der Waals surface area contributed by atoms with Crippen LogP contribution in [0.25, 0.3) is 0 Å². The standard InChI is InChI=1S/C16H25N3/c1-5-13-7-8-14(10-17)16(9-13)19-12(4)15(6-2)11(3)18-19/h13-14,16H,5-9H2,1-4H3. The molecular formula is C16H25N3. The Morgan fingerprint density at radius 2 is 2.05 bits per heavy atom. The van der Waals surface area contributed by atoms with E-state index in [0.29, 0.717) is 0 Å². The molecule has 1 aliphatic carbocycles. The van der Waals surface area contributed by atoms with Crippen LogP contribution in [0, 0.1) is 37.0 Å². The summed E-state index contributed by atoms with van der Waals surface area (Å²) in [4.78, 5) is 0. The van der Waals surface area contributed by atoms with E-state index >= 15 is 0 Å².